The SMILES string of the molecule is CN(C)CC1CCC2(CC1=O)OCCCO2. The summed E-state index contributed by atoms with van der Waals surface area (Å²) in [7, 11) is 4.01. The molecule has 0 aromatic rings. The summed E-state index contributed by atoms with van der Waals surface area (Å²) in [6.45, 7) is 2.30. The second-order valence-corrected chi connectivity index (χ2v) is 5.10. The van der Waals surface area contributed by atoms with Crippen molar-refractivity contribution in [3.05, 3.63) is 0 Å². The van der Waals surface area contributed by atoms with Gasteiger partial charge in [0.05, 0.1) is 19.6 Å². The van der Waals surface area contributed by atoms with Crippen LogP contribution in [0, 0.1) is 5.92 Å². The first-order valence-electron chi connectivity index (χ1n) is 6.07. The molecule has 0 radical (unpaired) electrons. The van der Waals surface area contributed by atoms with Gasteiger partial charge in [-0.2, -0.15) is 0 Å². The Labute approximate surface area is 96.9 Å². The standard InChI is InChI=1S/C12H21NO3/c1-13(2)9-10-4-5-12(8-11(10)14)15-6-3-7-16-12/h10H,3-9H2,1-2H3. The summed E-state index contributed by atoms with van der Waals surface area (Å²) in [5.74, 6) is -0.116. The van der Waals surface area contributed by atoms with E-state index in [9.17, 15) is 4.79 Å². The highest BCUT2D eigenvalue weighted by atomic mass is 16.7. The molecule has 1 heterocycles. The lowest BCUT2D eigenvalue weighted by atomic mass is 9.83. The molecule has 2 aliphatic rings. The first kappa shape index (κ1) is 12.0. The van der Waals surface area contributed by atoms with Crippen molar-refractivity contribution in [3.63, 3.8) is 0 Å². The van der Waals surface area contributed by atoms with Gasteiger partial charge in [-0.25, -0.2) is 0 Å². The predicted octanol–water partition coefficient (Wildman–Crippen LogP) is 1.05. The third-order valence-corrected chi connectivity index (χ3v) is 3.38. The van der Waals surface area contributed by atoms with Crippen LogP contribution >= 0.6 is 0 Å². The first-order chi connectivity index (χ1) is 7.61. The zero-order valence-electron chi connectivity index (χ0n) is 10.2. The zero-order chi connectivity index (χ0) is 11.6. The van der Waals surface area contributed by atoms with Gasteiger partial charge in [0.15, 0.2) is 5.79 Å². The smallest absolute Gasteiger partial charge is 0.175 e. The molecule has 1 unspecified atom stereocenters. The third kappa shape index (κ3) is 2.62. The van der Waals surface area contributed by atoms with Gasteiger partial charge in [-0.15, -0.1) is 0 Å². The number of ether oxygens (including phenoxy) is 2. The maximum Gasteiger partial charge on any atom is 0.175 e. The summed E-state index contributed by atoms with van der Waals surface area (Å²) in [6.07, 6.45) is 3.12. The number of Topliss-reactive ketones (excluding diaryl/α,β-unsaturated/α-hetero) is 1. The van der Waals surface area contributed by atoms with E-state index in [2.05, 4.69) is 4.90 Å². The Hall–Kier alpha value is -0.450. The van der Waals surface area contributed by atoms with Crippen LogP contribution in [0.4, 0.5) is 0 Å². The maximum atomic E-state index is 12.0. The molecule has 1 saturated heterocycles. The molecule has 1 spiro atoms. The fourth-order valence-electron chi connectivity index (χ4n) is 2.55. The van der Waals surface area contributed by atoms with Gasteiger partial charge in [0.25, 0.3) is 0 Å². The Bertz CT molecular complexity index is 259. The molecule has 0 bridgehead atoms. The Balaban J connectivity index is 1.93. The van der Waals surface area contributed by atoms with Crippen molar-refractivity contribution in [2.45, 2.75) is 31.5 Å². The molecular weight excluding hydrogens is 206 g/mol. The number of nitrogens with zero attached hydrogens (tertiary/aromatic N) is 1. The van der Waals surface area contributed by atoms with E-state index in [1.54, 1.807) is 0 Å². The number of hydrogen-bond donors (Lipinski definition) is 0. The Morgan fingerprint density at radius 3 is 2.62 bits per heavy atom. The summed E-state index contributed by atoms with van der Waals surface area (Å²) in [6, 6.07) is 0. The molecule has 1 aliphatic heterocycles. The minimum atomic E-state index is -0.571. The fraction of sp³-hybridized carbons (Fsp3) is 0.917. The van der Waals surface area contributed by atoms with Gasteiger partial charge in [0, 0.05) is 18.9 Å². The molecule has 2 rings (SSSR count). The van der Waals surface area contributed by atoms with Gasteiger partial charge >= 0.3 is 0 Å². The zero-order valence-corrected chi connectivity index (χ0v) is 10.2. The van der Waals surface area contributed by atoms with Crippen molar-refractivity contribution in [2.75, 3.05) is 33.9 Å². The Kier molecular flexibility index (Phi) is 3.62. The van der Waals surface area contributed by atoms with E-state index in [-0.39, 0.29) is 5.92 Å². The fourth-order valence-corrected chi connectivity index (χ4v) is 2.55. The van der Waals surface area contributed by atoms with E-state index in [1.165, 1.54) is 0 Å². The quantitative estimate of drug-likeness (QED) is 0.707. The third-order valence-electron chi connectivity index (χ3n) is 3.38. The normalized spacial score (nSPS) is 29.9. The number of rotatable bonds is 2. The van der Waals surface area contributed by atoms with E-state index in [4.69, 9.17) is 9.47 Å². The lowest BCUT2D eigenvalue weighted by Crippen LogP contribution is -2.48. The summed E-state index contributed by atoms with van der Waals surface area (Å²) in [4.78, 5) is 14.1. The van der Waals surface area contributed by atoms with Gasteiger partial charge in [0.1, 0.15) is 5.78 Å². The maximum absolute atomic E-state index is 12.0. The van der Waals surface area contributed by atoms with E-state index in [0.29, 0.717) is 12.2 Å². The van der Waals surface area contributed by atoms with Crippen molar-refractivity contribution in [3.8, 4) is 0 Å². The molecule has 0 N–H and O–H groups in total. The number of ketones is 1. The van der Waals surface area contributed by atoms with Crippen LogP contribution in [0.15, 0.2) is 0 Å². The number of carbonyl (C=O) groups excluding carboxylic acids is 1. The highest BCUT2D eigenvalue weighted by molar-refractivity contribution is 5.82. The van der Waals surface area contributed by atoms with Crippen molar-refractivity contribution < 1.29 is 14.3 Å². The van der Waals surface area contributed by atoms with E-state index >= 15 is 0 Å². The lowest BCUT2D eigenvalue weighted by Gasteiger charge is -2.41. The average molecular weight is 227 g/mol. The molecule has 4 heteroatoms. The topological polar surface area (TPSA) is 38.8 Å². The molecular formula is C12H21NO3. The minimum Gasteiger partial charge on any atom is -0.349 e. The molecule has 92 valence electrons. The lowest BCUT2D eigenvalue weighted by molar-refractivity contribution is -0.276. The Morgan fingerprint density at radius 1 is 1.38 bits per heavy atom. The molecule has 16 heavy (non-hydrogen) atoms. The van der Waals surface area contributed by atoms with Crippen molar-refractivity contribution in [1.82, 2.24) is 4.90 Å². The molecule has 4 nitrogen and oxygen atoms in total. The molecule has 2 fully saturated rings. The minimum absolute atomic E-state index is 0.162. The van der Waals surface area contributed by atoms with Crippen LogP contribution in [-0.2, 0) is 14.3 Å². The summed E-state index contributed by atoms with van der Waals surface area (Å²) in [5.41, 5.74) is 0. The average Bonchev–Trinajstić information content (AvgIpc) is 2.23. The molecule has 1 aliphatic carbocycles. The monoisotopic (exact) mass is 227 g/mol. The highest BCUT2D eigenvalue weighted by Gasteiger charge is 2.43. The molecule has 0 aromatic heterocycles. The highest BCUT2D eigenvalue weighted by Crippen LogP contribution is 2.35. The van der Waals surface area contributed by atoms with Gasteiger partial charge in [-0.3, -0.25) is 4.79 Å². The largest absolute Gasteiger partial charge is 0.349 e. The van der Waals surface area contributed by atoms with Crippen LogP contribution in [0.3, 0.4) is 0 Å². The van der Waals surface area contributed by atoms with Crippen molar-refractivity contribution in [1.29, 1.82) is 0 Å². The van der Waals surface area contributed by atoms with Crippen LogP contribution in [0.1, 0.15) is 25.7 Å². The summed E-state index contributed by atoms with van der Waals surface area (Å²) >= 11 is 0. The van der Waals surface area contributed by atoms with E-state index in [1.807, 2.05) is 14.1 Å². The van der Waals surface area contributed by atoms with Crippen LogP contribution in [-0.4, -0.2) is 50.3 Å². The van der Waals surface area contributed by atoms with Crippen LogP contribution in [0.5, 0.6) is 0 Å². The van der Waals surface area contributed by atoms with Crippen molar-refractivity contribution in [2.24, 2.45) is 5.92 Å². The van der Waals surface area contributed by atoms with Crippen LogP contribution in [0.25, 0.3) is 0 Å². The number of hydrogen-bond acceptors (Lipinski definition) is 4. The Morgan fingerprint density at radius 2 is 2.06 bits per heavy atom. The van der Waals surface area contributed by atoms with Gasteiger partial charge in [0.2, 0.25) is 0 Å². The summed E-state index contributed by atoms with van der Waals surface area (Å²) < 4.78 is 11.3. The second kappa shape index (κ2) is 4.82. The van der Waals surface area contributed by atoms with Crippen molar-refractivity contribution >= 4 is 5.78 Å². The molecule has 0 aromatic carbocycles. The predicted molar refractivity (Wildman–Crippen MR) is 60.2 cm³/mol. The molecule has 1 atom stereocenters. The van der Waals surface area contributed by atoms with E-state index < -0.39 is 5.79 Å². The molecule has 1 saturated carbocycles. The van der Waals surface area contributed by atoms with E-state index in [0.717, 1.165) is 39.0 Å². The van der Waals surface area contributed by atoms with Crippen LogP contribution in [0.2, 0.25) is 0 Å². The van der Waals surface area contributed by atoms with Crippen LogP contribution < -0.4 is 0 Å². The van der Waals surface area contributed by atoms with Gasteiger partial charge in [-0.05, 0) is 26.9 Å². The first-order valence-corrected chi connectivity index (χ1v) is 6.07. The summed E-state index contributed by atoms with van der Waals surface area (Å²) in [5, 5.41) is 0. The van der Waals surface area contributed by atoms with Gasteiger partial charge < -0.3 is 14.4 Å². The van der Waals surface area contributed by atoms with Gasteiger partial charge in [-0.1, -0.05) is 0 Å². The number of carbonyl (C=O) groups is 1. The second-order valence-electron chi connectivity index (χ2n) is 5.10. The molecule has 0 amide bonds.